The second kappa shape index (κ2) is 11.7. The number of carbonyl (C=O) groups is 1. The molecule has 0 atom stereocenters. The van der Waals surface area contributed by atoms with Crippen molar-refractivity contribution in [1.82, 2.24) is 19.9 Å². The first-order valence-corrected chi connectivity index (χ1v) is 13.2. The molecule has 12 heteroatoms. The number of hydrogen-bond donors (Lipinski definition) is 0. The van der Waals surface area contributed by atoms with Gasteiger partial charge in [-0.3, -0.25) is 9.69 Å². The van der Waals surface area contributed by atoms with Crippen LogP contribution in [0.5, 0.6) is 11.5 Å². The first-order chi connectivity index (χ1) is 19.2. The first-order valence-electron chi connectivity index (χ1n) is 13.2. The molecule has 0 radical (unpaired) electrons. The van der Waals surface area contributed by atoms with E-state index in [1.165, 1.54) is 12.1 Å². The first kappa shape index (κ1) is 27.8. The number of piperidine rings is 1. The third kappa shape index (κ3) is 6.16. The van der Waals surface area contributed by atoms with Crippen molar-refractivity contribution in [3.05, 3.63) is 53.9 Å². The van der Waals surface area contributed by atoms with Gasteiger partial charge in [0.15, 0.2) is 11.5 Å². The predicted molar refractivity (Wildman–Crippen MR) is 141 cm³/mol. The van der Waals surface area contributed by atoms with Gasteiger partial charge in [-0.1, -0.05) is 11.2 Å². The number of benzene rings is 2. The van der Waals surface area contributed by atoms with Crippen LogP contribution in [0.15, 0.2) is 47.0 Å². The molecule has 2 aliphatic rings. The molecule has 2 fully saturated rings. The third-order valence-electron chi connectivity index (χ3n) is 7.54. The minimum absolute atomic E-state index is 0.0682. The molecule has 0 bridgehead atoms. The second-order valence-corrected chi connectivity index (χ2v) is 9.99. The van der Waals surface area contributed by atoms with Gasteiger partial charge in [0.1, 0.15) is 0 Å². The number of alkyl halides is 3. The van der Waals surface area contributed by atoms with Gasteiger partial charge in [0.25, 0.3) is 0 Å². The van der Waals surface area contributed by atoms with Crippen LogP contribution in [0, 0.1) is 5.92 Å². The van der Waals surface area contributed by atoms with Gasteiger partial charge < -0.3 is 23.8 Å². The van der Waals surface area contributed by atoms with Gasteiger partial charge in [-0.2, -0.15) is 18.2 Å². The van der Waals surface area contributed by atoms with Gasteiger partial charge in [0.05, 0.1) is 26.3 Å². The lowest BCUT2D eigenvalue weighted by atomic mass is 9.95. The monoisotopic (exact) mass is 559 g/mol. The minimum atomic E-state index is -4.38. The van der Waals surface area contributed by atoms with Crippen molar-refractivity contribution in [2.45, 2.75) is 25.6 Å². The molecule has 5 rings (SSSR count). The Labute approximate surface area is 230 Å². The molecule has 1 amide bonds. The van der Waals surface area contributed by atoms with E-state index in [0.29, 0.717) is 61.6 Å². The van der Waals surface area contributed by atoms with Crippen molar-refractivity contribution < 1.29 is 32.0 Å². The summed E-state index contributed by atoms with van der Waals surface area (Å²) in [6.45, 7) is 3.96. The molecule has 0 aliphatic carbocycles. The Kier molecular flexibility index (Phi) is 8.15. The number of nitrogens with zero attached hydrogens (tertiary/aromatic N) is 5. The van der Waals surface area contributed by atoms with Crippen LogP contribution in [0.3, 0.4) is 0 Å². The van der Waals surface area contributed by atoms with E-state index in [0.717, 1.165) is 37.6 Å². The third-order valence-corrected chi connectivity index (χ3v) is 7.54. The summed E-state index contributed by atoms with van der Waals surface area (Å²) in [7, 11) is 3.14. The number of amides is 1. The topological polar surface area (TPSA) is 84.2 Å². The summed E-state index contributed by atoms with van der Waals surface area (Å²) in [6, 6.07) is 10.8. The highest BCUT2D eigenvalue weighted by Gasteiger charge is 2.33. The van der Waals surface area contributed by atoms with E-state index < -0.39 is 11.7 Å². The van der Waals surface area contributed by atoms with Crippen molar-refractivity contribution in [3.8, 4) is 22.9 Å². The highest BCUT2D eigenvalue weighted by atomic mass is 19.4. The average molecular weight is 560 g/mol. The molecule has 0 saturated carbocycles. The van der Waals surface area contributed by atoms with E-state index in [1.54, 1.807) is 32.4 Å². The van der Waals surface area contributed by atoms with Crippen LogP contribution in [-0.4, -0.2) is 79.3 Å². The Balaban J connectivity index is 1.10. The lowest BCUT2D eigenvalue weighted by Crippen LogP contribution is -2.51. The number of carbonyl (C=O) groups excluding carboxylic acids is 1. The Morgan fingerprint density at radius 1 is 0.975 bits per heavy atom. The molecule has 3 heterocycles. The lowest BCUT2D eigenvalue weighted by molar-refractivity contribution is -0.138. The van der Waals surface area contributed by atoms with Crippen LogP contribution in [0.2, 0.25) is 0 Å². The number of halogens is 3. The molecule has 0 N–H and O–H groups in total. The highest BCUT2D eigenvalue weighted by molar-refractivity contribution is 5.79. The van der Waals surface area contributed by atoms with E-state index in [2.05, 4.69) is 15.0 Å². The Hall–Kier alpha value is -3.80. The number of piperazine rings is 1. The molecule has 0 spiro atoms. The average Bonchev–Trinajstić information content (AvgIpc) is 3.45. The van der Waals surface area contributed by atoms with Crippen molar-refractivity contribution in [2.24, 2.45) is 5.92 Å². The van der Waals surface area contributed by atoms with Crippen molar-refractivity contribution >= 4 is 11.6 Å². The molecule has 2 aromatic carbocycles. The summed E-state index contributed by atoms with van der Waals surface area (Å²) >= 11 is 0. The van der Waals surface area contributed by atoms with E-state index in [-0.39, 0.29) is 11.8 Å². The number of aromatic nitrogens is 2. The maximum Gasteiger partial charge on any atom is 0.416 e. The summed E-state index contributed by atoms with van der Waals surface area (Å²) in [5.41, 5.74) is 0.628. The van der Waals surface area contributed by atoms with Gasteiger partial charge in [-0.05, 0) is 62.3 Å². The van der Waals surface area contributed by atoms with Gasteiger partial charge in [0.2, 0.25) is 17.6 Å². The molecule has 214 valence electrons. The van der Waals surface area contributed by atoms with Crippen LogP contribution in [0.25, 0.3) is 11.4 Å². The number of anilines is 1. The van der Waals surface area contributed by atoms with Crippen LogP contribution in [0.1, 0.15) is 24.3 Å². The van der Waals surface area contributed by atoms with Crippen LogP contribution in [0.4, 0.5) is 18.9 Å². The van der Waals surface area contributed by atoms with Crippen LogP contribution < -0.4 is 14.4 Å². The maximum absolute atomic E-state index is 13.2. The lowest BCUT2D eigenvalue weighted by Gasteiger charge is -2.39. The molecule has 40 heavy (non-hydrogen) atoms. The molecular formula is C28H32F3N5O4. The summed E-state index contributed by atoms with van der Waals surface area (Å²) < 4.78 is 55.4. The Morgan fingerprint density at radius 3 is 2.38 bits per heavy atom. The zero-order valence-electron chi connectivity index (χ0n) is 22.5. The summed E-state index contributed by atoms with van der Waals surface area (Å²) in [5, 5.41) is 4.10. The van der Waals surface area contributed by atoms with Crippen LogP contribution >= 0.6 is 0 Å². The van der Waals surface area contributed by atoms with E-state index in [1.807, 2.05) is 15.9 Å². The fraction of sp³-hybridized carbons (Fsp3) is 0.464. The predicted octanol–water partition coefficient (Wildman–Crippen LogP) is 4.33. The fourth-order valence-electron chi connectivity index (χ4n) is 5.26. The molecule has 9 nitrogen and oxygen atoms in total. The Bertz CT molecular complexity index is 1320. The minimum Gasteiger partial charge on any atom is -0.493 e. The molecular weight excluding hydrogens is 527 g/mol. The maximum atomic E-state index is 13.2. The largest absolute Gasteiger partial charge is 0.493 e. The molecule has 0 unspecified atom stereocenters. The van der Waals surface area contributed by atoms with E-state index in [4.69, 9.17) is 14.0 Å². The number of rotatable bonds is 7. The summed E-state index contributed by atoms with van der Waals surface area (Å²) in [5.74, 6) is 2.21. The van der Waals surface area contributed by atoms with Crippen LogP contribution in [-0.2, 0) is 17.5 Å². The number of ether oxygens (including phenoxy) is 2. The molecule has 3 aromatic rings. The molecule has 2 aliphatic heterocycles. The van der Waals surface area contributed by atoms with Crippen molar-refractivity contribution in [2.75, 3.05) is 58.4 Å². The van der Waals surface area contributed by atoms with Gasteiger partial charge >= 0.3 is 6.18 Å². The number of likely N-dealkylation sites (tertiary alicyclic amines) is 1. The number of methoxy groups -OCH3 is 2. The normalized spacial score (nSPS) is 17.2. The fourth-order valence-corrected chi connectivity index (χ4v) is 5.26. The van der Waals surface area contributed by atoms with E-state index in [9.17, 15) is 18.0 Å². The van der Waals surface area contributed by atoms with Crippen molar-refractivity contribution in [3.63, 3.8) is 0 Å². The molecule has 2 saturated heterocycles. The van der Waals surface area contributed by atoms with Gasteiger partial charge in [-0.25, -0.2) is 0 Å². The van der Waals surface area contributed by atoms with Gasteiger partial charge in [-0.15, -0.1) is 0 Å². The highest BCUT2D eigenvalue weighted by Crippen LogP contribution is 2.33. The van der Waals surface area contributed by atoms with Crippen molar-refractivity contribution in [1.29, 1.82) is 0 Å². The smallest absolute Gasteiger partial charge is 0.416 e. The number of hydrogen-bond acceptors (Lipinski definition) is 8. The SMILES string of the molecule is COc1ccc(-c2noc(CN3CCC(C(=O)N4CCN(c5cccc(C(F)(F)F)c5)CC4)CC3)n2)cc1OC. The standard InChI is InChI=1S/C28H32F3N5O4/c1-38-23-7-6-20(16-24(23)39-2)26-32-25(40-33-26)18-34-10-8-19(9-11-34)27(37)36-14-12-35(13-15-36)22-5-3-4-21(17-22)28(29,30)31/h3-7,16-17,19H,8-15,18H2,1-2H3. The second-order valence-electron chi connectivity index (χ2n) is 9.99. The molecule has 1 aromatic heterocycles. The van der Waals surface area contributed by atoms with Gasteiger partial charge in [0, 0.05) is 43.3 Å². The summed E-state index contributed by atoms with van der Waals surface area (Å²) in [4.78, 5) is 23.7. The van der Waals surface area contributed by atoms with E-state index >= 15 is 0 Å². The quantitative estimate of drug-likeness (QED) is 0.423. The zero-order valence-corrected chi connectivity index (χ0v) is 22.5. The summed E-state index contributed by atoms with van der Waals surface area (Å²) in [6.07, 6.45) is -2.92. The Morgan fingerprint density at radius 2 is 1.70 bits per heavy atom. The zero-order chi connectivity index (χ0) is 28.3.